The summed E-state index contributed by atoms with van der Waals surface area (Å²) >= 11 is 0. The molecule has 0 fully saturated rings. The first-order valence-corrected chi connectivity index (χ1v) is 8.11. The van der Waals surface area contributed by atoms with E-state index in [0.717, 1.165) is 43.9 Å². The number of anilines is 3. The van der Waals surface area contributed by atoms with Crippen LogP contribution in [-0.4, -0.2) is 41.0 Å². The fourth-order valence-corrected chi connectivity index (χ4v) is 3.09. The highest BCUT2D eigenvalue weighted by Gasteiger charge is 2.19. The van der Waals surface area contributed by atoms with Gasteiger partial charge in [-0.15, -0.1) is 0 Å². The van der Waals surface area contributed by atoms with Crippen molar-refractivity contribution < 1.29 is 0 Å². The van der Waals surface area contributed by atoms with Gasteiger partial charge in [0.25, 0.3) is 0 Å². The zero-order valence-corrected chi connectivity index (χ0v) is 13.8. The van der Waals surface area contributed by atoms with Crippen LogP contribution < -0.4 is 16.4 Å². The molecule has 1 aromatic heterocycles. The van der Waals surface area contributed by atoms with E-state index in [2.05, 4.69) is 51.8 Å². The first-order valence-electron chi connectivity index (χ1n) is 8.11. The Bertz CT molecular complexity index is 699. The zero-order valence-electron chi connectivity index (χ0n) is 13.8. The molecule has 122 valence electrons. The van der Waals surface area contributed by atoms with E-state index in [4.69, 9.17) is 11.5 Å². The molecule has 0 atom stereocenters. The SMILES string of the molecule is CCN1CCN(CC)c2cc(-c3cnc(N)nc3N)ccc2C1. The monoisotopic (exact) mass is 312 g/mol. The highest BCUT2D eigenvalue weighted by molar-refractivity contribution is 5.77. The van der Waals surface area contributed by atoms with Crippen molar-refractivity contribution in [1.82, 2.24) is 14.9 Å². The van der Waals surface area contributed by atoms with Gasteiger partial charge in [0.1, 0.15) is 5.82 Å². The predicted octanol–water partition coefficient (Wildman–Crippen LogP) is 1.97. The van der Waals surface area contributed by atoms with Crippen molar-refractivity contribution >= 4 is 17.5 Å². The van der Waals surface area contributed by atoms with E-state index in [1.165, 1.54) is 11.3 Å². The molecular formula is C17H24N6. The lowest BCUT2D eigenvalue weighted by atomic mass is 10.0. The van der Waals surface area contributed by atoms with Crippen LogP contribution in [0, 0.1) is 0 Å². The zero-order chi connectivity index (χ0) is 16.4. The summed E-state index contributed by atoms with van der Waals surface area (Å²) < 4.78 is 0. The van der Waals surface area contributed by atoms with E-state index in [1.807, 2.05) is 0 Å². The summed E-state index contributed by atoms with van der Waals surface area (Å²) in [5, 5.41) is 0. The van der Waals surface area contributed by atoms with Gasteiger partial charge in [-0.1, -0.05) is 19.1 Å². The Kier molecular flexibility index (Phi) is 4.34. The smallest absolute Gasteiger partial charge is 0.221 e. The van der Waals surface area contributed by atoms with Gasteiger partial charge in [-0.2, -0.15) is 4.98 Å². The number of nitrogen functional groups attached to an aromatic ring is 2. The highest BCUT2D eigenvalue weighted by atomic mass is 15.2. The van der Waals surface area contributed by atoms with E-state index < -0.39 is 0 Å². The van der Waals surface area contributed by atoms with Gasteiger partial charge >= 0.3 is 0 Å². The Labute approximate surface area is 137 Å². The fourth-order valence-electron chi connectivity index (χ4n) is 3.09. The maximum Gasteiger partial charge on any atom is 0.221 e. The molecule has 0 spiro atoms. The molecule has 1 aromatic carbocycles. The van der Waals surface area contributed by atoms with Crippen molar-refractivity contribution in [2.45, 2.75) is 20.4 Å². The van der Waals surface area contributed by atoms with E-state index in [-0.39, 0.29) is 5.95 Å². The van der Waals surface area contributed by atoms with Crippen LogP contribution in [0.3, 0.4) is 0 Å². The number of fused-ring (bicyclic) bond motifs is 1. The number of aromatic nitrogens is 2. The van der Waals surface area contributed by atoms with Crippen LogP contribution >= 0.6 is 0 Å². The van der Waals surface area contributed by atoms with Crippen LogP contribution in [0.2, 0.25) is 0 Å². The second-order valence-electron chi connectivity index (χ2n) is 5.82. The van der Waals surface area contributed by atoms with Gasteiger partial charge in [0, 0.05) is 43.6 Å². The molecule has 0 saturated carbocycles. The Balaban J connectivity index is 2.04. The Morgan fingerprint density at radius 3 is 2.65 bits per heavy atom. The minimum absolute atomic E-state index is 0.204. The summed E-state index contributed by atoms with van der Waals surface area (Å²) in [7, 11) is 0. The summed E-state index contributed by atoms with van der Waals surface area (Å²) in [6.45, 7) is 9.56. The van der Waals surface area contributed by atoms with Crippen molar-refractivity contribution in [3.8, 4) is 11.1 Å². The van der Waals surface area contributed by atoms with E-state index in [9.17, 15) is 0 Å². The van der Waals surface area contributed by atoms with Gasteiger partial charge < -0.3 is 16.4 Å². The van der Waals surface area contributed by atoms with E-state index in [1.54, 1.807) is 6.20 Å². The summed E-state index contributed by atoms with van der Waals surface area (Å²) in [5.74, 6) is 0.624. The van der Waals surface area contributed by atoms with Gasteiger partial charge in [0.2, 0.25) is 5.95 Å². The molecule has 0 unspecified atom stereocenters. The number of hydrogen-bond donors (Lipinski definition) is 2. The first kappa shape index (κ1) is 15.6. The molecule has 1 aliphatic rings. The molecule has 6 nitrogen and oxygen atoms in total. The fraction of sp³-hybridized carbons (Fsp3) is 0.412. The van der Waals surface area contributed by atoms with Gasteiger partial charge in [-0.3, -0.25) is 4.90 Å². The predicted molar refractivity (Wildman–Crippen MR) is 95.1 cm³/mol. The van der Waals surface area contributed by atoms with Gasteiger partial charge in [0.15, 0.2) is 0 Å². The van der Waals surface area contributed by atoms with E-state index in [0.29, 0.717) is 5.82 Å². The molecule has 23 heavy (non-hydrogen) atoms. The number of nitrogens with two attached hydrogens (primary N) is 2. The molecule has 6 heteroatoms. The minimum atomic E-state index is 0.204. The van der Waals surface area contributed by atoms with Crippen molar-refractivity contribution in [3.63, 3.8) is 0 Å². The molecule has 0 amide bonds. The highest BCUT2D eigenvalue weighted by Crippen LogP contribution is 2.32. The van der Waals surface area contributed by atoms with Crippen molar-refractivity contribution in [1.29, 1.82) is 0 Å². The van der Waals surface area contributed by atoms with Crippen molar-refractivity contribution in [3.05, 3.63) is 30.0 Å². The van der Waals surface area contributed by atoms with Crippen LogP contribution in [-0.2, 0) is 6.54 Å². The summed E-state index contributed by atoms with van der Waals surface area (Å²) in [4.78, 5) is 13.0. The average molecular weight is 312 g/mol. The Morgan fingerprint density at radius 1 is 1.13 bits per heavy atom. The number of hydrogen-bond acceptors (Lipinski definition) is 6. The maximum absolute atomic E-state index is 6.02. The second kappa shape index (κ2) is 6.42. The lowest BCUT2D eigenvalue weighted by Crippen LogP contribution is -2.31. The van der Waals surface area contributed by atoms with Crippen molar-refractivity contribution in [2.24, 2.45) is 0 Å². The van der Waals surface area contributed by atoms with Crippen LogP contribution in [0.1, 0.15) is 19.4 Å². The van der Waals surface area contributed by atoms with Crippen LogP contribution in [0.4, 0.5) is 17.5 Å². The van der Waals surface area contributed by atoms with Crippen LogP contribution in [0.15, 0.2) is 24.4 Å². The number of nitrogens with zero attached hydrogens (tertiary/aromatic N) is 4. The average Bonchev–Trinajstić information content (AvgIpc) is 2.73. The lowest BCUT2D eigenvalue weighted by Gasteiger charge is -2.23. The lowest BCUT2D eigenvalue weighted by molar-refractivity contribution is 0.293. The molecule has 4 N–H and O–H groups in total. The van der Waals surface area contributed by atoms with Gasteiger partial charge in [-0.25, -0.2) is 4.98 Å². The maximum atomic E-state index is 6.02. The van der Waals surface area contributed by atoms with Crippen molar-refractivity contribution in [2.75, 3.05) is 42.5 Å². The number of rotatable bonds is 3. The van der Waals surface area contributed by atoms with Gasteiger partial charge in [0.05, 0.1) is 0 Å². The molecular weight excluding hydrogens is 288 g/mol. The standard InChI is InChI=1S/C17H24N6/c1-3-22-7-8-23(4-2)15-9-12(5-6-13(15)11-22)14-10-20-17(19)21-16(14)18/h5-6,9-10H,3-4,7-8,11H2,1-2H3,(H4,18,19,20,21). The minimum Gasteiger partial charge on any atom is -0.383 e. The molecule has 0 saturated heterocycles. The van der Waals surface area contributed by atoms with E-state index >= 15 is 0 Å². The third-order valence-electron chi connectivity index (χ3n) is 4.48. The third kappa shape index (κ3) is 3.07. The second-order valence-corrected chi connectivity index (χ2v) is 5.82. The topological polar surface area (TPSA) is 84.3 Å². The molecule has 0 aliphatic carbocycles. The summed E-state index contributed by atoms with van der Waals surface area (Å²) in [5.41, 5.74) is 16.1. The number of likely N-dealkylation sites (N-methyl/N-ethyl adjacent to an activating group) is 2. The third-order valence-corrected chi connectivity index (χ3v) is 4.48. The Hall–Kier alpha value is -2.34. The molecule has 0 bridgehead atoms. The van der Waals surface area contributed by atoms with Gasteiger partial charge in [-0.05, 0) is 30.7 Å². The molecule has 1 aliphatic heterocycles. The summed E-state index contributed by atoms with van der Waals surface area (Å²) in [6, 6.07) is 6.48. The number of benzene rings is 1. The Morgan fingerprint density at radius 2 is 1.96 bits per heavy atom. The largest absolute Gasteiger partial charge is 0.383 e. The molecule has 3 rings (SSSR count). The summed E-state index contributed by atoms with van der Waals surface area (Å²) in [6.07, 6.45) is 1.70. The first-order chi connectivity index (χ1) is 11.1. The molecule has 2 heterocycles. The van der Waals surface area contributed by atoms with Crippen LogP contribution in [0.25, 0.3) is 11.1 Å². The molecule has 2 aromatic rings. The van der Waals surface area contributed by atoms with Crippen LogP contribution in [0.5, 0.6) is 0 Å². The quantitative estimate of drug-likeness (QED) is 0.901. The molecule has 0 radical (unpaired) electrons. The normalized spacial score (nSPS) is 15.3.